The van der Waals surface area contributed by atoms with Crippen LogP contribution < -0.4 is 15.4 Å². The lowest BCUT2D eigenvalue weighted by atomic mass is 10.0. The summed E-state index contributed by atoms with van der Waals surface area (Å²) in [5, 5.41) is 9.89. The summed E-state index contributed by atoms with van der Waals surface area (Å²) in [6.07, 6.45) is 3.63. The predicted molar refractivity (Wildman–Crippen MR) is 120 cm³/mol. The number of para-hydroxylation sites is 1. The molecule has 154 valence electrons. The van der Waals surface area contributed by atoms with Crippen molar-refractivity contribution in [1.82, 2.24) is 15.0 Å². The molecule has 0 spiro atoms. The van der Waals surface area contributed by atoms with Crippen LogP contribution in [-0.2, 0) is 0 Å². The number of benzene rings is 2. The summed E-state index contributed by atoms with van der Waals surface area (Å²) in [5.74, 6) is 2.28. The highest BCUT2D eigenvalue weighted by Gasteiger charge is 2.24. The number of nitriles is 1. The quantitative estimate of drug-likeness (QED) is 0.522. The number of imidazole rings is 1. The zero-order valence-corrected chi connectivity index (χ0v) is 17.0. The molecule has 1 aliphatic rings. The van der Waals surface area contributed by atoms with Gasteiger partial charge in [0.25, 0.3) is 0 Å². The number of H-pyrrole nitrogens is 1. The Morgan fingerprint density at radius 2 is 1.87 bits per heavy atom. The molecule has 1 fully saturated rings. The normalized spacial score (nSPS) is 16.3. The van der Waals surface area contributed by atoms with E-state index in [2.05, 4.69) is 20.9 Å². The van der Waals surface area contributed by atoms with Crippen LogP contribution in [0.4, 0.5) is 5.82 Å². The average Bonchev–Trinajstić information content (AvgIpc) is 3.29. The first-order valence-corrected chi connectivity index (χ1v) is 10.3. The van der Waals surface area contributed by atoms with Crippen molar-refractivity contribution < 1.29 is 4.74 Å². The number of pyridine rings is 1. The molecule has 5 rings (SSSR count). The molecule has 0 bridgehead atoms. The molecule has 31 heavy (non-hydrogen) atoms. The van der Waals surface area contributed by atoms with Gasteiger partial charge in [0, 0.05) is 24.7 Å². The maximum Gasteiger partial charge on any atom is 0.155 e. The first-order valence-electron chi connectivity index (χ1n) is 10.3. The van der Waals surface area contributed by atoms with E-state index in [-0.39, 0.29) is 6.04 Å². The van der Waals surface area contributed by atoms with Crippen LogP contribution in [0.25, 0.3) is 22.3 Å². The van der Waals surface area contributed by atoms with Crippen molar-refractivity contribution >= 4 is 16.9 Å². The van der Waals surface area contributed by atoms with Gasteiger partial charge in [0.1, 0.15) is 34.2 Å². The molecule has 1 atom stereocenters. The van der Waals surface area contributed by atoms with Gasteiger partial charge in [-0.05, 0) is 49.2 Å². The molecule has 1 saturated heterocycles. The Kier molecular flexibility index (Phi) is 4.98. The number of nitrogens with two attached hydrogens (primary N) is 1. The number of ether oxygens (including phenoxy) is 1. The number of fused-ring (bicyclic) bond motifs is 1. The van der Waals surface area contributed by atoms with Gasteiger partial charge in [-0.2, -0.15) is 5.26 Å². The van der Waals surface area contributed by atoms with Crippen LogP contribution in [0.2, 0.25) is 0 Å². The van der Waals surface area contributed by atoms with E-state index >= 15 is 0 Å². The fourth-order valence-electron chi connectivity index (χ4n) is 4.04. The Morgan fingerprint density at radius 3 is 2.61 bits per heavy atom. The molecular weight excluding hydrogens is 388 g/mol. The molecule has 3 N–H and O–H groups in total. The number of anilines is 1. The number of aromatic nitrogens is 3. The first-order chi connectivity index (χ1) is 15.2. The topological polar surface area (TPSA) is 104 Å². The summed E-state index contributed by atoms with van der Waals surface area (Å²) in [5.41, 5.74) is 9.52. The van der Waals surface area contributed by atoms with Crippen molar-refractivity contribution in [2.24, 2.45) is 5.73 Å². The maximum atomic E-state index is 9.89. The molecule has 4 aromatic rings. The Morgan fingerprint density at radius 1 is 1.10 bits per heavy atom. The molecule has 0 unspecified atom stereocenters. The van der Waals surface area contributed by atoms with Gasteiger partial charge >= 0.3 is 0 Å². The number of nitrogens with zero attached hydrogens (tertiary/aromatic N) is 4. The van der Waals surface area contributed by atoms with E-state index in [0.29, 0.717) is 16.8 Å². The summed E-state index contributed by atoms with van der Waals surface area (Å²) in [4.78, 5) is 14.7. The largest absolute Gasteiger partial charge is 0.457 e. The SMILES string of the molecule is N#Cc1c(-c2ccc(Oc3ccccc3)cc2)nc(N2CCC[C@H](N)C2)c2[nH]cnc12. The summed E-state index contributed by atoms with van der Waals surface area (Å²) in [6.45, 7) is 1.61. The van der Waals surface area contributed by atoms with Crippen LogP contribution in [-0.4, -0.2) is 34.1 Å². The Labute approximate surface area is 180 Å². The molecule has 2 aromatic heterocycles. The zero-order valence-electron chi connectivity index (χ0n) is 17.0. The highest BCUT2D eigenvalue weighted by molar-refractivity contribution is 5.95. The number of aromatic amines is 1. The minimum absolute atomic E-state index is 0.113. The molecule has 0 aliphatic carbocycles. The third kappa shape index (κ3) is 3.69. The van der Waals surface area contributed by atoms with Gasteiger partial charge < -0.3 is 20.4 Å². The van der Waals surface area contributed by atoms with Crippen molar-refractivity contribution in [3.63, 3.8) is 0 Å². The van der Waals surface area contributed by atoms with E-state index in [1.54, 1.807) is 6.33 Å². The maximum absolute atomic E-state index is 9.89. The summed E-state index contributed by atoms with van der Waals surface area (Å²) in [7, 11) is 0. The fourth-order valence-corrected chi connectivity index (χ4v) is 4.04. The van der Waals surface area contributed by atoms with Gasteiger partial charge in [-0.25, -0.2) is 9.97 Å². The summed E-state index contributed by atoms with van der Waals surface area (Å²) < 4.78 is 5.89. The molecule has 3 heterocycles. The zero-order chi connectivity index (χ0) is 21.2. The molecule has 0 saturated carbocycles. The van der Waals surface area contributed by atoms with Crippen LogP contribution in [0.15, 0.2) is 60.9 Å². The number of rotatable bonds is 4. The van der Waals surface area contributed by atoms with Gasteiger partial charge in [0.05, 0.1) is 12.0 Å². The molecular formula is C24H22N6O. The highest BCUT2D eigenvalue weighted by Crippen LogP contribution is 2.34. The third-order valence-electron chi connectivity index (χ3n) is 5.53. The second kappa shape index (κ2) is 8.09. The first kappa shape index (κ1) is 19.1. The van der Waals surface area contributed by atoms with E-state index in [1.807, 2.05) is 54.6 Å². The van der Waals surface area contributed by atoms with Crippen molar-refractivity contribution in [1.29, 1.82) is 5.26 Å². The number of piperidine rings is 1. The van der Waals surface area contributed by atoms with Crippen molar-refractivity contribution in [3.05, 3.63) is 66.5 Å². The minimum atomic E-state index is 0.113. The minimum Gasteiger partial charge on any atom is -0.457 e. The lowest BCUT2D eigenvalue weighted by Crippen LogP contribution is -2.43. The highest BCUT2D eigenvalue weighted by atomic mass is 16.5. The molecule has 1 aliphatic heterocycles. The van der Waals surface area contributed by atoms with Gasteiger partial charge in [-0.15, -0.1) is 0 Å². The van der Waals surface area contributed by atoms with Crippen LogP contribution in [0.1, 0.15) is 18.4 Å². The summed E-state index contributed by atoms with van der Waals surface area (Å²) in [6, 6.07) is 19.6. The van der Waals surface area contributed by atoms with E-state index in [4.69, 9.17) is 15.5 Å². The Balaban J connectivity index is 1.55. The van der Waals surface area contributed by atoms with Crippen LogP contribution in [0, 0.1) is 11.3 Å². The molecule has 7 heteroatoms. The Hall–Kier alpha value is -3.89. The summed E-state index contributed by atoms with van der Waals surface area (Å²) >= 11 is 0. The predicted octanol–water partition coefficient (Wildman–Crippen LogP) is 4.22. The van der Waals surface area contributed by atoms with Crippen LogP contribution in [0.3, 0.4) is 0 Å². The van der Waals surface area contributed by atoms with E-state index in [0.717, 1.165) is 54.3 Å². The van der Waals surface area contributed by atoms with Crippen LogP contribution >= 0.6 is 0 Å². The Bertz CT molecular complexity index is 1240. The van der Waals surface area contributed by atoms with Crippen LogP contribution in [0.5, 0.6) is 11.5 Å². The second-order valence-corrected chi connectivity index (χ2v) is 7.68. The monoisotopic (exact) mass is 410 g/mol. The molecule has 0 radical (unpaired) electrons. The number of hydrogen-bond donors (Lipinski definition) is 2. The van der Waals surface area contributed by atoms with E-state index in [9.17, 15) is 5.26 Å². The lowest BCUT2D eigenvalue weighted by molar-refractivity contribution is 0.483. The fraction of sp³-hybridized carbons (Fsp3) is 0.208. The third-order valence-corrected chi connectivity index (χ3v) is 5.53. The van der Waals surface area contributed by atoms with Gasteiger partial charge in [-0.1, -0.05) is 18.2 Å². The van der Waals surface area contributed by atoms with Gasteiger partial charge in [0.2, 0.25) is 0 Å². The average molecular weight is 410 g/mol. The standard InChI is InChI=1S/C24H22N6O/c25-13-20-21(16-8-10-19(11-9-16)31-18-6-2-1-3-7-18)29-24(23-22(20)27-15-28-23)30-12-4-5-17(26)14-30/h1-3,6-11,15,17H,4-5,12,14,26H2,(H,27,28)/t17-/m0/s1. The lowest BCUT2D eigenvalue weighted by Gasteiger charge is -2.32. The van der Waals surface area contributed by atoms with Gasteiger partial charge in [-0.3, -0.25) is 0 Å². The smallest absolute Gasteiger partial charge is 0.155 e. The molecule has 7 nitrogen and oxygen atoms in total. The molecule has 2 aromatic carbocycles. The van der Waals surface area contributed by atoms with Gasteiger partial charge in [0.15, 0.2) is 5.82 Å². The number of hydrogen-bond acceptors (Lipinski definition) is 6. The molecule has 0 amide bonds. The second-order valence-electron chi connectivity index (χ2n) is 7.68. The van der Waals surface area contributed by atoms with Crippen molar-refractivity contribution in [3.8, 4) is 28.8 Å². The van der Waals surface area contributed by atoms with Crippen molar-refractivity contribution in [2.45, 2.75) is 18.9 Å². The van der Waals surface area contributed by atoms with Crippen molar-refractivity contribution in [2.75, 3.05) is 18.0 Å². The van der Waals surface area contributed by atoms with E-state index in [1.165, 1.54) is 0 Å². The number of nitrogens with one attached hydrogen (secondary N) is 1. The van der Waals surface area contributed by atoms with E-state index < -0.39 is 0 Å².